The maximum Gasteiger partial charge on any atom is 0.343 e. The Morgan fingerprint density at radius 3 is 2.34 bits per heavy atom. The molecule has 0 aliphatic carbocycles. The number of hydrogen-bond acceptors (Lipinski definition) is 8. The van der Waals surface area contributed by atoms with Crippen molar-refractivity contribution in [3.8, 4) is 17.2 Å². The molecule has 41 heavy (non-hydrogen) atoms. The Morgan fingerprint density at radius 1 is 0.927 bits per heavy atom. The first-order chi connectivity index (χ1) is 19.7. The minimum atomic E-state index is -0.962. The number of methoxy groups -OCH3 is 2. The van der Waals surface area contributed by atoms with Crippen molar-refractivity contribution < 1.29 is 33.3 Å². The van der Waals surface area contributed by atoms with Crippen molar-refractivity contribution in [2.45, 2.75) is 25.5 Å². The molecule has 3 aromatic rings. The number of halogens is 2. The summed E-state index contributed by atoms with van der Waals surface area (Å²) in [5, 5.41) is 7.44. The van der Waals surface area contributed by atoms with Crippen LogP contribution in [0.4, 0.5) is 0 Å². The van der Waals surface area contributed by atoms with E-state index in [9.17, 15) is 14.4 Å². The van der Waals surface area contributed by atoms with Crippen LogP contribution in [-0.2, 0) is 25.5 Å². The molecule has 0 saturated carbocycles. The van der Waals surface area contributed by atoms with Gasteiger partial charge >= 0.3 is 5.97 Å². The molecule has 0 unspecified atom stereocenters. The van der Waals surface area contributed by atoms with Crippen LogP contribution in [0, 0.1) is 0 Å². The lowest BCUT2D eigenvalue weighted by atomic mass is 10.1. The molecule has 2 amide bonds. The molecular formula is C29H29Cl2N3O7. The molecule has 3 rings (SSSR count). The summed E-state index contributed by atoms with van der Waals surface area (Å²) in [6.45, 7) is 1.27. The topological polar surface area (TPSA) is 125 Å². The number of carbonyl (C=O) groups excluding carboxylic acids is 3. The summed E-state index contributed by atoms with van der Waals surface area (Å²) in [5.41, 5.74) is 3.88. The molecule has 0 aromatic heterocycles. The smallest absolute Gasteiger partial charge is 0.343 e. The molecule has 0 aliphatic rings. The molecule has 12 heteroatoms. The molecule has 0 radical (unpaired) electrons. The minimum absolute atomic E-state index is 0.211. The van der Waals surface area contributed by atoms with E-state index >= 15 is 0 Å². The Labute approximate surface area is 247 Å². The van der Waals surface area contributed by atoms with Crippen LogP contribution in [0.2, 0.25) is 10.0 Å². The number of esters is 1. The van der Waals surface area contributed by atoms with Gasteiger partial charge in [-0.2, -0.15) is 5.10 Å². The largest absolute Gasteiger partial charge is 0.493 e. The quantitative estimate of drug-likeness (QED) is 0.171. The molecule has 216 valence electrons. The zero-order chi connectivity index (χ0) is 29.8. The van der Waals surface area contributed by atoms with E-state index < -0.39 is 29.9 Å². The van der Waals surface area contributed by atoms with Crippen molar-refractivity contribution in [1.29, 1.82) is 0 Å². The van der Waals surface area contributed by atoms with Crippen LogP contribution in [0.15, 0.2) is 71.8 Å². The average Bonchev–Trinajstić information content (AvgIpc) is 2.97. The van der Waals surface area contributed by atoms with Gasteiger partial charge in [-0.3, -0.25) is 9.59 Å². The van der Waals surface area contributed by atoms with Gasteiger partial charge in [-0.15, -0.1) is 0 Å². The normalized spacial score (nSPS) is 12.2. The molecule has 0 aliphatic heterocycles. The fourth-order valence-corrected chi connectivity index (χ4v) is 3.94. The Hall–Kier alpha value is -4.28. The number of rotatable bonds is 13. The summed E-state index contributed by atoms with van der Waals surface area (Å²) >= 11 is 12.1. The Balaban J connectivity index is 1.68. The molecule has 0 heterocycles. The van der Waals surface area contributed by atoms with Crippen molar-refractivity contribution in [3.63, 3.8) is 0 Å². The minimum Gasteiger partial charge on any atom is -0.493 e. The van der Waals surface area contributed by atoms with Crippen LogP contribution in [0.5, 0.6) is 17.2 Å². The summed E-state index contributed by atoms with van der Waals surface area (Å²) in [5.74, 6) is -0.630. The first kappa shape index (κ1) is 31.3. The van der Waals surface area contributed by atoms with Gasteiger partial charge in [0.25, 0.3) is 11.8 Å². The maximum atomic E-state index is 13.1. The summed E-state index contributed by atoms with van der Waals surface area (Å²) in [6.07, 6.45) is 0.651. The number of amides is 2. The summed E-state index contributed by atoms with van der Waals surface area (Å²) < 4.78 is 21.0. The highest BCUT2D eigenvalue weighted by atomic mass is 35.5. The van der Waals surface area contributed by atoms with E-state index in [1.165, 1.54) is 26.5 Å². The Morgan fingerprint density at radius 2 is 1.66 bits per heavy atom. The first-order valence-corrected chi connectivity index (χ1v) is 13.1. The molecule has 0 bridgehead atoms. The Kier molecular flexibility index (Phi) is 11.8. The fraction of sp³-hybridized carbons (Fsp3) is 0.241. The van der Waals surface area contributed by atoms with Crippen molar-refractivity contribution in [2.24, 2.45) is 5.10 Å². The third-order valence-corrected chi connectivity index (χ3v) is 6.16. The monoisotopic (exact) mass is 601 g/mol. The Bertz CT molecular complexity index is 1390. The van der Waals surface area contributed by atoms with Crippen molar-refractivity contribution >= 4 is 47.2 Å². The van der Waals surface area contributed by atoms with Crippen LogP contribution in [0.25, 0.3) is 0 Å². The molecule has 10 nitrogen and oxygen atoms in total. The van der Waals surface area contributed by atoms with E-state index in [-0.39, 0.29) is 23.8 Å². The predicted octanol–water partition coefficient (Wildman–Crippen LogP) is 4.20. The zero-order valence-electron chi connectivity index (χ0n) is 22.6. The number of ether oxygens (including phenoxy) is 4. The van der Waals surface area contributed by atoms with Crippen LogP contribution in [0.1, 0.15) is 18.1 Å². The summed E-state index contributed by atoms with van der Waals surface area (Å²) in [4.78, 5) is 37.4. The maximum absolute atomic E-state index is 13.1. The van der Waals surface area contributed by atoms with E-state index in [4.69, 9.17) is 37.4 Å². The lowest BCUT2D eigenvalue weighted by Crippen LogP contribution is -2.50. The molecule has 2 atom stereocenters. The number of benzene rings is 3. The number of hydrazone groups is 1. The fourth-order valence-electron chi connectivity index (χ4n) is 3.49. The first-order valence-electron chi connectivity index (χ1n) is 12.4. The average molecular weight is 602 g/mol. The second-order valence-corrected chi connectivity index (χ2v) is 9.44. The molecule has 3 aromatic carbocycles. The van der Waals surface area contributed by atoms with Crippen molar-refractivity contribution in [1.82, 2.24) is 10.7 Å². The molecular weight excluding hydrogens is 573 g/mol. The van der Waals surface area contributed by atoms with Gasteiger partial charge in [0.15, 0.2) is 24.2 Å². The van der Waals surface area contributed by atoms with Crippen LogP contribution < -0.4 is 25.0 Å². The standard InChI is InChI=1S/C29H29Cl2N3O7/c1-18(41-24-12-10-21(30)15-22(24)31)28(36)33-23(13-19-7-5-4-6-8-19)29(37)34-32-16-20-9-11-25(26(14-20)38-2)40-17-27(35)39-3/h4-12,14-16,18,23H,13,17H2,1-3H3,(H,33,36)(H,34,37)/b32-16-/t18-,23-/m1/s1. The number of hydrogen-bond donors (Lipinski definition) is 2. The van der Waals surface area contributed by atoms with Crippen LogP contribution >= 0.6 is 23.2 Å². The van der Waals surface area contributed by atoms with Gasteiger partial charge < -0.3 is 24.3 Å². The highest BCUT2D eigenvalue weighted by Gasteiger charge is 2.25. The SMILES string of the molecule is COC(=O)COc1ccc(/C=N\NC(=O)[C@@H](Cc2ccccc2)NC(=O)[C@@H](C)Oc2ccc(Cl)cc2Cl)cc1OC. The van der Waals surface area contributed by atoms with Crippen LogP contribution in [-0.4, -0.2) is 57.0 Å². The van der Waals surface area contributed by atoms with Gasteiger partial charge in [-0.05, 0) is 54.4 Å². The lowest BCUT2D eigenvalue weighted by molar-refractivity contribution is -0.143. The third-order valence-electron chi connectivity index (χ3n) is 5.63. The van der Waals surface area contributed by atoms with Gasteiger partial charge in [0, 0.05) is 11.4 Å². The highest BCUT2D eigenvalue weighted by molar-refractivity contribution is 6.35. The van der Waals surface area contributed by atoms with Crippen molar-refractivity contribution in [2.75, 3.05) is 20.8 Å². The second kappa shape index (κ2) is 15.5. The van der Waals surface area contributed by atoms with E-state index in [2.05, 4.69) is 20.6 Å². The molecule has 0 spiro atoms. The number of nitrogens with zero attached hydrogens (tertiary/aromatic N) is 1. The van der Waals surface area contributed by atoms with Gasteiger partial charge in [-0.1, -0.05) is 53.5 Å². The van der Waals surface area contributed by atoms with Gasteiger partial charge in [0.05, 0.1) is 25.5 Å². The lowest BCUT2D eigenvalue weighted by Gasteiger charge is -2.21. The van der Waals surface area contributed by atoms with Gasteiger partial charge in [0.1, 0.15) is 11.8 Å². The summed E-state index contributed by atoms with van der Waals surface area (Å²) in [6, 6.07) is 17.8. The highest BCUT2D eigenvalue weighted by Crippen LogP contribution is 2.29. The van der Waals surface area contributed by atoms with Gasteiger partial charge in [-0.25, -0.2) is 10.2 Å². The molecule has 2 N–H and O–H groups in total. The van der Waals surface area contributed by atoms with E-state index in [1.54, 1.807) is 37.3 Å². The van der Waals surface area contributed by atoms with E-state index in [1.807, 2.05) is 30.3 Å². The summed E-state index contributed by atoms with van der Waals surface area (Å²) in [7, 11) is 2.71. The third kappa shape index (κ3) is 9.70. The van der Waals surface area contributed by atoms with Crippen LogP contribution in [0.3, 0.4) is 0 Å². The second-order valence-electron chi connectivity index (χ2n) is 8.60. The van der Waals surface area contributed by atoms with Gasteiger partial charge in [0.2, 0.25) is 0 Å². The van der Waals surface area contributed by atoms with E-state index in [0.717, 1.165) is 5.56 Å². The van der Waals surface area contributed by atoms with Crippen molar-refractivity contribution in [3.05, 3.63) is 87.9 Å². The predicted molar refractivity (Wildman–Crippen MR) is 155 cm³/mol. The molecule has 0 saturated heterocycles. The zero-order valence-corrected chi connectivity index (χ0v) is 24.1. The van der Waals surface area contributed by atoms with E-state index in [0.29, 0.717) is 22.1 Å². The number of carbonyl (C=O) groups is 3. The molecule has 0 fully saturated rings. The number of nitrogens with one attached hydrogen (secondary N) is 2.